The summed E-state index contributed by atoms with van der Waals surface area (Å²) in [5.41, 5.74) is 12.3. The third kappa shape index (κ3) is 8.05. The minimum Gasteiger partial charge on any atom is -0.501 e. The molecule has 0 aliphatic heterocycles. The number of nitrogens with zero attached hydrogens (tertiary/aromatic N) is 2. The van der Waals surface area contributed by atoms with Crippen molar-refractivity contribution in [2.45, 2.75) is 43.9 Å². The first-order chi connectivity index (χ1) is 25.0. The molecule has 1 radical (unpaired) electrons. The normalized spacial score (nSPS) is 11.8. The Hall–Kier alpha value is -4.61. The Morgan fingerprint density at radius 3 is 2.00 bits per heavy atom. The van der Waals surface area contributed by atoms with Crippen LogP contribution in [0.1, 0.15) is 32.2 Å². The number of aryl methyl sites for hydroxylation is 1. The molecule has 0 saturated heterocycles. The summed E-state index contributed by atoms with van der Waals surface area (Å²) in [6.07, 6.45) is 3.84. The van der Waals surface area contributed by atoms with E-state index in [2.05, 4.69) is 120 Å². The summed E-state index contributed by atoms with van der Waals surface area (Å²) in [4.78, 5) is 9.26. The van der Waals surface area contributed by atoms with Gasteiger partial charge in [0.25, 0.3) is 0 Å². The molecule has 0 spiro atoms. The molecule has 0 aliphatic carbocycles. The second-order valence-electron chi connectivity index (χ2n) is 14.2. The molecule has 3 heterocycles. The molecule has 0 N–H and O–H groups in total. The van der Waals surface area contributed by atoms with Crippen LogP contribution >= 0.6 is 0 Å². The summed E-state index contributed by atoms with van der Waals surface area (Å²) in [6.45, 7) is 5.96. The number of rotatable bonds is 6. The van der Waals surface area contributed by atoms with Gasteiger partial charge >= 0.3 is 142 Å². The number of pyridine rings is 2. The number of benzene rings is 5. The topological polar surface area (TPSA) is 38.9 Å². The van der Waals surface area contributed by atoms with Crippen molar-refractivity contribution in [2.24, 2.45) is 0 Å². The molecule has 0 unspecified atom stereocenters. The van der Waals surface area contributed by atoms with Gasteiger partial charge in [-0.15, -0.1) is 18.2 Å². The molecule has 8 aromatic rings. The summed E-state index contributed by atoms with van der Waals surface area (Å²) in [5, 5.41) is 2.12. The van der Waals surface area contributed by atoms with E-state index >= 15 is 0 Å². The molecule has 0 aliphatic rings. The van der Waals surface area contributed by atoms with Crippen molar-refractivity contribution in [2.75, 3.05) is 0 Å². The van der Waals surface area contributed by atoms with Crippen LogP contribution in [-0.4, -0.2) is 23.2 Å². The van der Waals surface area contributed by atoms with Crippen LogP contribution in [0.15, 0.2) is 144 Å². The van der Waals surface area contributed by atoms with Gasteiger partial charge in [0.15, 0.2) is 0 Å². The quantitative estimate of drug-likeness (QED) is 0.123. The van der Waals surface area contributed by atoms with E-state index < -0.39 is 19.2 Å². The smallest absolute Gasteiger partial charge is 0.121 e. The van der Waals surface area contributed by atoms with E-state index in [1.165, 1.54) is 21.1 Å². The first-order valence-electron chi connectivity index (χ1n) is 17.9. The van der Waals surface area contributed by atoms with E-state index in [0.29, 0.717) is 0 Å². The number of aromatic nitrogens is 2. The molecule has 3 aromatic heterocycles. The zero-order chi connectivity index (χ0) is 36.5. The van der Waals surface area contributed by atoms with Gasteiger partial charge in [0.1, 0.15) is 5.58 Å². The maximum absolute atomic E-state index is 8.33. The summed E-state index contributed by atoms with van der Waals surface area (Å²) in [7, 11) is 0. The molecule has 8 rings (SSSR count). The second-order valence-corrected chi connectivity index (χ2v) is 24.8. The Bertz CT molecular complexity index is 2500. The van der Waals surface area contributed by atoms with Crippen molar-refractivity contribution in [3.05, 3.63) is 163 Å². The Morgan fingerprint density at radius 2 is 1.35 bits per heavy atom. The minimum atomic E-state index is -1.85. The van der Waals surface area contributed by atoms with Gasteiger partial charge in [-0.3, -0.25) is 0 Å². The Balaban J connectivity index is 0.000000183. The monoisotopic (exact) mass is 918 g/mol. The van der Waals surface area contributed by atoms with E-state index in [1.807, 2.05) is 68.4 Å². The van der Waals surface area contributed by atoms with E-state index in [9.17, 15) is 0 Å². The number of furan rings is 1. The zero-order valence-electron chi connectivity index (χ0n) is 31.4. The summed E-state index contributed by atoms with van der Waals surface area (Å²) in [6, 6.07) is 50.0. The average molecular weight is 917 g/mol. The van der Waals surface area contributed by atoms with Crippen molar-refractivity contribution in [3.8, 4) is 44.8 Å². The van der Waals surface area contributed by atoms with Crippen molar-refractivity contribution in [1.29, 1.82) is 0 Å². The molecule has 0 saturated carbocycles. The van der Waals surface area contributed by atoms with Gasteiger partial charge in [0, 0.05) is 33.1 Å². The molecule has 0 fully saturated rings. The number of hydrogen-bond donors (Lipinski definition) is 0. The molecule has 0 atom stereocenters. The van der Waals surface area contributed by atoms with Crippen LogP contribution in [0.2, 0.25) is 17.3 Å². The maximum atomic E-state index is 8.33. The minimum absolute atomic E-state index is 0. The largest absolute Gasteiger partial charge is 0.501 e. The second kappa shape index (κ2) is 16.0. The standard InChI is InChI=1S/C26H20NO.C21H22GeN.Ir/c1-17(2)19-13-14-27-24(15-19)23-10-6-9-22-21-12-11-20(16-25(21)28-26(22)23)18-7-4-3-5-8-18;1-16-13-21(23-15-20(16)22(2,3)4)19-12-8-11-18(14-19)17-9-6-5-7-10-17;/h3-9,11-17H,1-2H3;5-11,13-15H,1-4H3;/q2*-1;/i17D;;. The van der Waals surface area contributed by atoms with Gasteiger partial charge in [0.2, 0.25) is 0 Å². The summed E-state index contributed by atoms with van der Waals surface area (Å²) >= 11 is -1.85. The van der Waals surface area contributed by atoms with Crippen LogP contribution in [0.25, 0.3) is 66.7 Å². The predicted molar refractivity (Wildman–Crippen MR) is 217 cm³/mol. The summed E-state index contributed by atoms with van der Waals surface area (Å²) in [5.74, 6) is 6.54. The third-order valence-electron chi connectivity index (χ3n) is 9.24. The van der Waals surface area contributed by atoms with Gasteiger partial charge in [-0.1, -0.05) is 78.9 Å². The van der Waals surface area contributed by atoms with Gasteiger partial charge in [0.05, 0.1) is 5.58 Å². The predicted octanol–water partition coefficient (Wildman–Crippen LogP) is 12.3. The first kappa shape index (κ1) is 35.8. The molecule has 261 valence electrons. The molecule has 5 heteroatoms. The van der Waals surface area contributed by atoms with Crippen molar-refractivity contribution < 1.29 is 25.9 Å². The van der Waals surface area contributed by atoms with E-state index in [4.69, 9.17) is 10.8 Å². The fourth-order valence-corrected chi connectivity index (χ4v) is 10.1. The van der Waals surface area contributed by atoms with Crippen LogP contribution in [0.4, 0.5) is 0 Å². The Morgan fingerprint density at radius 1 is 0.673 bits per heavy atom. The van der Waals surface area contributed by atoms with Gasteiger partial charge < -0.3 is 9.40 Å². The van der Waals surface area contributed by atoms with Crippen molar-refractivity contribution in [1.82, 2.24) is 9.97 Å². The van der Waals surface area contributed by atoms with Crippen molar-refractivity contribution >= 4 is 39.6 Å². The molecule has 3 nitrogen and oxygen atoms in total. The molecule has 0 bridgehead atoms. The fourth-order valence-electron chi connectivity index (χ4n) is 6.53. The molecule has 52 heavy (non-hydrogen) atoms. The van der Waals surface area contributed by atoms with Crippen LogP contribution in [0.3, 0.4) is 0 Å². The molecule has 0 amide bonds. The van der Waals surface area contributed by atoms with Crippen molar-refractivity contribution in [3.63, 3.8) is 0 Å². The fraction of sp³-hybridized carbons (Fsp3) is 0.149. The van der Waals surface area contributed by atoms with E-state index in [-0.39, 0.29) is 20.1 Å². The van der Waals surface area contributed by atoms with Gasteiger partial charge in [-0.25, -0.2) is 0 Å². The molecular weight excluding hydrogens is 873 g/mol. The summed E-state index contributed by atoms with van der Waals surface area (Å²) < 4.78 is 16.1. The van der Waals surface area contributed by atoms with Crippen LogP contribution in [0, 0.1) is 19.1 Å². The first-order valence-corrected chi connectivity index (χ1v) is 24.7. The average Bonchev–Trinajstić information content (AvgIpc) is 3.53. The Labute approximate surface area is 325 Å². The Kier molecular flexibility index (Phi) is 11.0. The SMILES string of the molecule is Cc1cc(-c2[c-]ccc(-c3ccccc3)c2)nc[c]1[Ge]([CH3])([CH3])[CH3].[2H]C(C)(C)c1ccnc(-c2[c-]ccc3c2oc2cc(-c4ccccc4)ccc23)c1.[Ir]. The third-order valence-corrected chi connectivity index (χ3v) is 13.7. The molecular formula is C47H42GeIrN2O-2. The van der Waals surface area contributed by atoms with Crippen LogP contribution in [-0.2, 0) is 20.1 Å². The zero-order valence-corrected chi connectivity index (χ0v) is 34.9. The molecule has 5 aromatic carbocycles. The van der Waals surface area contributed by atoms with Gasteiger partial charge in [-0.2, -0.15) is 0 Å². The van der Waals surface area contributed by atoms with Crippen LogP contribution in [0.5, 0.6) is 0 Å². The van der Waals surface area contributed by atoms with E-state index in [1.54, 1.807) is 6.20 Å². The number of hydrogen-bond acceptors (Lipinski definition) is 3. The number of fused-ring (bicyclic) bond motifs is 3. The van der Waals surface area contributed by atoms with Crippen LogP contribution < -0.4 is 4.40 Å². The van der Waals surface area contributed by atoms with Gasteiger partial charge in [-0.05, 0) is 34.8 Å². The van der Waals surface area contributed by atoms with E-state index in [0.717, 1.165) is 61.1 Å². The maximum Gasteiger partial charge on any atom is 0.121 e.